The zero-order valence-electron chi connectivity index (χ0n) is 9.49. The molecular formula is C12H9I2O2PS2. The van der Waals surface area contributed by atoms with Crippen LogP contribution in [0.3, 0.4) is 0 Å². The third-order valence-corrected chi connectivity index (χ3v) is 5.33. The lowest BCUT2D eigenvalue weighted by Crippen LogP contribution is -1.95. The Labute approximate surface area is 149 Å². The van der Waals surface area contributed by atoms with Crippen LogP contribution in [0.4, 0.5) is 0 Å². The lowest BCUT2D eigenvalue weighted by molar-refractivity contribution is 0.507. The molecule has 0 saturated carbocycles. The van der Waals surface area contributed by atoms with Gasteiger partial charge in [0, 0.05) is 7.14 Å². The number of hydrogen-bond acceptors (Lipinski definition) is 3. The van der Waals surface area contributed by atoms with E-state index in [0.29, 0.717) is 11.5 Å². The van der Waals surface area contributed by atoms with Crippen LogP contribution in [0.2, 0.25) is 0 Å². The number of thiol groups is 1. The Bertz CT molecular complexity index is 551. The lowest BCUT2D eigenvalue weighted by Gasteiger charge is -2.18. The molecule has 0 aliphatic carbocycles. The first-order chi connectivity index (χ1) is 8.94. The lowest BCUT2D eigenvalue weighted by atomic mass is 10.3. The van der Waals surface area contributed by atoms with Crippen LogP contribution in [0, 0.1) is 7.14 Å². The number of halogens is 2. The van der Waals surface area contributed by atoms with Crippen molar-refractivity contribution in [3.05, 3.63) is 55.7 Å². The molecule has 2 aromatic rings. The van der Waals surface area contributed by atoms with E-state index in [0.717, 1.165) is 7.14 Å². The molecule has 0 radical (unpaired) electrons. The van der Waals surface area contributed by atoms with E-state index in [9.17, 15) is 0 Å². The van der Waals surface area contributed by atoms with Crippen LogP contribution in [-0.4, -0.2) is 0 Å². The van der Waals surface area contributed by atoms with Gasteiger partial charge in [-0.25, -0.2) is 0 Å². The Kier molecular flexibility index (Phi) is 5.83. The van der Waals surface area contributed by atoms with Crippen molar-refractivity contribution < 1.29 is 9.05 Å². The van der Waals surface area contributed by atoms with Crippen LogP contribution < -0.4 is 9.05 Å². The van der Waals surface area contributed by atoms with E-state index < -0.39 is 5.69 Å². The van der Waals surface area contributed by atoms with Crippen molar-refractivity contribution in [1.29, 1.82) is 0 Å². The predicted molar refractivity (Wildman–Crippen MR) is 103 cm³/mol. The van der Waals surface area contributed by atoms with Crippen LogP contribution >= 0.6 is 63.1 Å². The van der Waals surface area contributed by atoms with Crippen LogP contribution in [0.25, 0.3) is 0 Å². The summed E-state index contributed by atoms with van der Waals surface area (Å²) in [5, 5.41) is 0. The molecule has 2 rings (SSSR count). The molecule has 0 atom stereocenters. The van der Waals surface area contributed by atoms with Gasteiger partial charge in [-0.15, -0.1) is 0 Å². The average Bonchev–Trinajstić information content (AvgIpc) is 2.34. The molecule has 19 heavy (non-hydrogen) atoms. The van der Waals surface area contributed by atoms with Gasteiger partial charge in [-0.1, -0.05) is 12.2 Å². The summed E-state index contributed by atoms with van der Waals surface area (Å²) in [4.78, 5) is 0. The van der Waals surface area contributed by atoms with Crippen LogP contribution in [0.5, 0.6) is 11.5 Å². The first-order valence-electron chi connectivity index (χ1n) is 5.18. The van der Waals surface area contributed by atoms with E-state index >= 15 is 0 Å². The number of benzene rings is 2. The van der Waals surface area contributed by atoms with Crippen molar-refractivity contribution in [3.8, 4) is 11.5 Å². The van der Waals surface area contributed by atoms with E-state index in [-0.39, 0.29) is 0 Å². The van der Waals surface area contributed by atoms with Gasteiger partial charge >= 0.3 is 5.69 Å². The largest absolute Gasteiger partial charge is 0.428 e. The second-order valence-corrected chi connectivity index (χ2v) is 11.2. The molecule has 0 amide bonds. The maximum atomic E-state index is 5.65. The summed E-state index contributed by atoms with van der Waals surface area (Å²) in [6.07, 6.45) is 0. The quantitative estimate of drug-likeness (QED) is 0.318. The van der Waals surface area contributed by atoms with E-state index in [2.05, 4.69) is 57.4 Å². The summed E-state index contributed by atoms with van der Waals surface area (Å²) in [6, 6.07) is 15.2. The molecule has 0 fully saturated rings. The van der Waals surface area contributed by atoms with Gasteiger partial charge in [0.2, 0.25) is 0 Å². The maximum Gasteiger partial charge on any atom is 0.345 e. The minimum absolute atomic E-state index is 0.671. The highest BCUT2D eigenvalue weighted by Crippen LogP contribution is 2.52. The van der Waals surface area contributed by atoms with Crippen LogP contribution in [0.1, 0.15) is 0 Å². The summed E-state index contributed by atoms with van der Waals surface area (Å²) in [5.74, 6) is 1.34. The van der Waals surface area contributed by atoms with E-state index in [4.69, 9.17) is 20.9 Å². The van der Waals surface area contributed by atoms with Gasteiger partial charge in [0.05, 0.1) is 0 Å². The molecule has 2 nitrogen and oxygen atoms in total. The van der Waals surface area contributed by atoms with Gasteiger partial charge < -0.3 is 9.05 Å². The summed E-state index contributed by atoms with van der Waals surface area (Å²) in [5.41, 5.74) is -2.64. The molecule has 0 aliphatic heterocycles. The number of hydrogen-bond donors (Lipinski definition) is 1. The summed E-state index contributed by atoms with van der Waals surface area (Å²) >= 11 is 14.1. The highest BCUT2D eigenvalue weighted by molar-refractivity contribution is 14.1. The predicted octanol–water partition coefficient (Wildman–Crippen LogP) is 5.51. The third kappa shape index (κ3) is 5.41. The van der Waals surface area contributed by atoms with Gasteiger partial charge in [0.1, 0.15) is 11.5 Å². The topological polar surface area (TPSA) is 18.5 Å². The van der Waals surface area contributed by atoms with E-state index in [1.54, 1.807) is 0 Å². The molecule has 0 aromatic heterocycles. The minimum Gasteiger partial charge on any atom is -0.428 e. The van der Waals surface area contributed by atoms with E-state index in [1.807, 2.05) is 48.5 Å². The van der Waals surface area contributed by atoms with Crippen LogP contribution in [0.15, 0.2) is 48.5 Å². The molecule has 0 bridgehead atoms. The molecule has 2 aromatic carbocycles. The fourth-order valence-electron chi connectivity index (χ4n) is 1.28. The molecule has 0 heterocycles. The molecule has 7 heteroatoms. The summed E-state index contributed by atoms with van der Waals surface area (Å²) < 4.78 is 13.6. The molecule has 0 aliphatic rings. The first-order valence-corrected chi connectivity index (χ1v) is 11.1. The number of rotatable bonds is 4. The third-order valence-electron chi connectivity index (χ3n) is 2.07. The molecule has 0 saturated heterocycles. The Morgan fingerprint density at radius 1 is 0.789 bits per heavy atom. The average molecular weight is 534 g/mol. The van der Waals surface area contributed by atoms with Crippen molar-refractivity contribution in [2.45, 2.75) is 0 Å². The van der Waals surface area contributed by atoms with Crippen molar-refractivity contribution in [3.63, 3.8) is 0 Å². The zero-order chi connectivity index (χ0) is 13.9. The van der Waals surface area contributed by atoms with Gasteiger partial charge in [-0.2, -0.15) is 0 Å². The fraction of sp³-hybridized carbons (Fsp3) is 0. The highest BCUT2D eigenvalue weighted by atomic mass is 127. The Morgan fingerprint density at radius 3 is 1.42 bits per heavy atom. The zero-order valence-corrected chi connectivity index (χ0v) is 16.4. The molecule has 100 valence electrons. The monoisotopic (exact) mass is 534 g/mol. The second kappa shape index (κ2) is 6.98. The SMILES string of the molecule is S=P(S)(Oc1ccc(I)cc1)Oc1ccc(I)cc1. The summed E-state index contributed by atoms with van der Waals surface area (Å²) in [6.45, 7) is 0. The Hall–Kier alpha value is 0.500. The summed E-state index contributed by atoms with van der Waals surface area (Å²) in [7, 11) is 0. The Morgan fingerprint density at radius 2 is 1.11 bits per heavy atom. The minimum atomic E-state index is -2.64. The van der Waals surface area contributed by atoms with Gasteiger partial charge in [0.15, 0.2) is 0 Å². The van der Waals surface area contributed by atoms with E-state index in [1.165, 1.54) is 0 Å². The standard InChI is InChI=1S/C12H9I2O2PS2/c13-9-1-5-11(6-2-9)15-17(18,19)16-12-7-3-10(14)4-8-12/h1-8H,(H,18,19). The first kappa shape index (κ1) is 15.9. The Balaban J connectivity index is 2.08. The molecular weight excluding hydrogens is 525 g/mol. The highest BCUT2D eigenvalue weighted by Gasteiger charge is 2.16. The fourth-order valence-corrected chi connectivity index (χ4v) is 3.89. The second-order valence-electron chi connectivity index (χ2n) is 3.56. The van der Waals surface area contributed by atoms with Crippen molar-refractivity contribution in [2.75, 3.05) is 0 Å². The van der Waals surface area contributed by atoms with Gasteiger partial charge in [-0.3, -0.25) is 0 Å². The molecule has 0 unspecified atom stereocenters. The molecule has 0 N–H and O–H groups in total. The normalized spacial score (nSPS) is 11.1. The van der Waals surface area contributed by atoms with Gasteiger partial charge in [0.25, 0.3) is 0 Å². The smallest absolute Gasteiger partial charge is 0.345 e. The van der Waals surface area contributed by atoms with Crippen LogP contribution in [-0.2, 0) is 11.8 Å². The van der Waals surface area contributed by atoms with Crippen molar-refractivity contribution in [1.82, 2.24) is 0 Å². The molecule has 0 spiro atoms. The van der Waals surface area contributed by atoms with Crippen molar-refractivity contribution >= 4 is 74.9 Å². The van der Waals surface area contributed by atoms with Crippen molar-refractivity contribution in [2.24, 2.45) is 0 Å². The maximum absolute atomic E-state index is 5.65. The van der Waals surface area contributed by atoms with Gasteiger partial charge in [-0.05, 0) is 106 Å².